The third kappa shape index (κ3) is 3.42. The highest BCUT2D eigenvalue weighted by molar-refractivity contribution is 5.96. The number of furan rings is 1. The van der Waals surface area contributed by atoms with E-state index in [4.69, 9.17) is 9.52 Å². The van der Waals surface area contributed by atoms with Gasteiger partial charge in [0, 0.05) is 6.54 Å². The SMILES string of the molecule is C[C@@H](NC(=O)C1CCCCN1C(=O)c1ccco1)C(=O)O. The van der Waals surface area contributed by atoms with Crippen LogP contribution in [0.2, 0.25) is 0 Å². The number of nitrogens with one attached hydrogen (secondary N) is 1. The van der Waals surface area contributed by atoms with Gasteiger partial charge in [0.1, 0.15) is 12.1 Å². The van der Waals surface area contributed by atoms with Crippen LogP contribution in [0, 0.1) is 0 Å². The molecule has 7 nitrogen and oxygen atoms in total. The summed E-state index contributed by atoms with van der Waals surface area (Å²) in [7, 11) is 0. The smallest absolute Gasteiger partial charge is 0.325 e. The Morgan fingerprint density at radius 3 is 2.81 bits per heavy atom. The van der Waals surface area contributed by atoms with Gasteiger partial charge in [0.25, 0.3) is 5.91 Å². The van der Waals surface area contributed by atoms with Crippen molar-refractivity contribution in [2.45, 2.75) is 38.3 Å². The molecule has 114 valence electrons. The topological polar surface area (TPSA) is 99.9 Å². The van der Waals surface area contributed by atoms with Crippen LogP contribution < -0.4 is 5.32 Å². The van der Waals surface area contributed by atoms with E-state index in [-0.39, 0.29) is 11.7 Å². The monoisotopic (exact) mass is 294 g/mol. The van der Waals surface area contributed by atoms with E-state index < -0.39 is 24.0 Å². The van der Waals surface area contributed by atoms with Crippen LogP contribution in [0.4, 0.5) is 0 Å². The molecule has 0 spiro atoms. The molecule has 1 aliphatic rings. The lowest BCUT2D eigenvalue weighted by molar-refractivity contribution is -0.142. The number of carbonyl (C=O) groups excluding carboxylic acids is 2. The Labute approximate surface area is 121 Å². The minimum Gasteiger partial charge on any atom is -0.480 e. The summed E-state index contributed by atoms with van der Waals surface area (Å²) in [5.74, 6) is -1.71. The van der Waals surface area contributed by atoms with Crippen molar-refractivity contribution in [3.05, 3.63) is 24.2 Å². The number of piperidine rings is 1. The number of carboxylic acids is 1. The minimum absolute atomic E-state index is 0.181. The van der Waals surface area contributed by atoms with E-state index in [2.05, 4.69) is 5.32 Å². The Kier molecular flexibility index (Phi) is 4.62. The number of aliphatic carboxylic acids is 1. The Bertz CT molecular complexity index is 525. The zero-order valence-electron chi connectivity index (χ0n) is 11.7. The van der Waals surface area contributed by atoms with Gasteiger partial charge in [0.15, 0.2) is 5.76 Å². The van der Waals surface area contributed by atoms with Gasteiger partial charge in [-0.2, -0.15) is 0 Å². The molecule has 2 rings (SSSR count). The van der Waals surface area contributed by atoms with E-state index in [0.29, 0.717) is 13.0 Å². The fraction of sp³-hybridized carbons (Fsp3) is 0.500. The first kappa shape index (κ1) is 15.1. The summed E-state index contributed by atoms with van der Waals surface area (Å²) in [4.78, 5) is 36.8. The Balaban J connectivity index is 2.10. The van der Waals surface area contributed by atoms with Gasteiger partial charge in [-0.3, -0.25) is 14.4 Å². The fourth-order valence-corrected chi connectivity index (χ4v) is 2.36. The Hall–Kier alpha value is -2.31. The Morgan fingerprint density at radius 2 is 2.19 bits per heavy atom. The second-order valence-corrected chi connectivity index (χ2v) is 5.06. The van der Waals surface area contributed by atoms with Crippen molar-refractivity contribution in [3.63, 3.8) is 0 Å². The molecule has 1 aromatic rings. The average molecular weight is 294 g/mol. The number of carboxylic acid groups (broad SMARTS) is 1. The second-order valence-electron chi connectivity index (χ2n) is 5.06. The number of rotatable bonds is 4. The second kappa shape index (κ2) is 6.43. The first-order chi connectivity index (χ1) is 10.0. The van der Waals surface area contributed by atoms with Crippen LogP contribution in [0.5, 0.6) is 0 Å². The van der Waals surface area contributed by atoms with Gasteiger partial charge in [0.05, 0.1) is 6.26 Å². The van der Waals surface area contributed by atoms with Crippen LogP contribution in [0.1, 0.15) is 36.7 Å². The third-order valence-corrected chi connectivity index (χ3v) is 3.53. The van der Waals surface area contributed by atoms with Gasteiger partial charge in [-0.25, -0.2) is 0 Å². The summed E-state index contributed by atoms with van der Waals surface area (Å²) in [6, 6.07) is 1.52. The molecule has 1 aliphatic heterocycles. The normalized spacial score (nSPS) is 19.9. The van der Waals surface area contributed by atoms with Gasteiger partial charge in [-0.1, -0.05) is 0 Å². The van der Waals surface area contributed by atoms with Crippen molar-refractivity contribution in [2.75, 3.05) is 6.54 Å². The molecule has 0 bridgehead atoms. The molecule has 1 aromatic heterocycles. The molecule has 0 aliphatic carbocycles. The minimum atomic E-state index is -1.11. The van der Waals surface area contributed by atoms with E-state index in [9.17, 15) is 14.4 Å². The number of carbonyl (C=O) groups is 3. The molecule has 2 N–H and O–H groups in total. The molecular weight excluding hydrogens is 276 g/mol. The predicted molar refractivity (Wildman–Crippen MR) is 72.6 cm³/mol. The molecule has 1 unspecified atom stereocenters. The lowest BCUT2D eigenvalue weighted by atomic mass is 10.0. The maximum atomic E-state index is 12.3. The molecule has 2 heterocycles. The molecule has 7 heteroatoms. The van der Waals surface area contributed by atoms with E-state index >= 15 is 0 Å². The summed E-state index contributed by atoms with van der Waals surface area (Å²) < 4.78 is 5.08. The first-order valence-corrected chi connectivity index (χ1v) is 6.88. The highest BCUT2D eigenvalue weighted by atomic mass is 16.4. The maximum Gasteiger partial charge on any atom is 0.325 e. The summed E-state index contributed by atoms with van der Waals surface area (Å²) in [5, 5.41) is 11.3. The van der Waals surface area contributed by atoms with Crippen LogP contribution in [0.25, 0.3) is 0 Å². The van der Waals surface area contributed by atoms with Crippen molar-refractivity contribution >= 4 is 17.8 Å². The van der Waals surface area contributed by atoms with Crippen molar-refractivity contribution in [1.82, 2.24) is 10.2 Å². The Morgan fingerprint density at radius 1 is 1.43 bits per heavy atom. The molecule has 0 aromatic carbocycles. The maximum absolute atomic E-state index is 12.3. The molecule has 0 radical (unpaired) electrons. The van der Waals surface area contributed by atoms with Crippen molar-refractivity contribution in [1.29, 1.82) is 0 Å². The summed E-state index contributed by atoms with van der Waals surface area (Å²) in [6.45, 7) is 1.85. The summed E-state index contributed by atoms with van der Waals surface area (Å²) >= 11 is 0. The van der Waals surface area contributed by atoms with Crippen LogP contribution in [-0.4, -0.2) is 46.4 Å². The zero-order valence-corrected chi connectivity index (χ0v) is 11.7. The van der Waals surface area contributed by atoms with E-state index in [1.807, 2.05) is 0 Å². The molecule has 0 saturated carbocycles. The van der Waals surface area contributed by atoms with Crippen LogP contribution >= 0.6 is 0 Å². The van der Waals surface area contributed by atoms with Crippen molar-refractivity contribution < 1.29 is 23.9 Å². The van der Waals surface area contributed by atoms with Gasteiger partial charge in [0.2, 0.25) is 5.91 Å². The molecule has 2 atom stereocenters. The number of amides is 2. The lowest BCUT2D eigenvalue weighted by Crippen LogP contribution is -2.54. The quantitative estimate of drug-likeness (QED) is 0.858. The van der Waals surface area contributed by atoms with E-state index in [0.717, 1.165) is 12.8 Å². The number of hydrogen-bond acceptors (Lipinski definition) is 4. The summed E-state index contributed by atoms with van der Waals surface area (Å²) in [6.07, 6.45) is 3.55. The molecular formula is C14H18N2O5. The standard InChI is InChI=1S/C14H18N2O5/c1-9(14(19)20)15-12(17)10-5-2-3-7-16(10)13(18)11-6-4-8-21-11/h4,6,8-10H,2-3,5,7H2,1H3,(H,15,17)(H,19,20)/t9-,10?/m1/s1. The lowest BCUT2D eigenvalue weighted by Gasteiger charge is -2.34. The van der Waals surface area contributed by atoms with Crippen LogP contribution in [-0.2, 0) is 9.59 Å². The van der Waals surface area contributed by atoms with E-state index in [1.165, 1.54) is 18.1 Å². The zero-order chi connectivity index (χ0) is 15.4. The van der Waals surface area contributed by atoms with Gasteiger partial charge in [-0.15, -0.1) is 0 Å². The number of likely N-dealkylation sites (tertiary alicyclic amines) is 1. The molecule has 2 amide bonds. The predicted octanol–water partition coefficient (Wildman–Crippen LogP) is 0.864. The highest BCUT2D eigenvalue weighted by Crippen LogP contribution is 2.20. The van der Waals surface area contributed by atoms with Gasteiger partial charge >= 0.3 is 5.97 Å². The largest absolute Gasteiger partial charge is 0.480 e. The van der Waals surface area contributed by atoms with E-state index in [1.54, 1.807) is 12.1 Å². The van der Waals surface area contributed by atoms with Gasteiger partial charge < -0.3 is 19.7 Å². The van der Waals surface area contributed by atoms with Crippen molar-refractivity contribution in [3.8, 4) is 0 Å². The van der Waals surface area contributed by atoms with Crippen LogP contribution in [0.15, 0.2) is 22.8 Å². The third-order valence-electron chi connectivity index (χ3n) is 3.53. The van der Waals surface area contributed by atoms with Gasteiger partial charge in [-0.05, 0) is 38.3 Å². The fourth-order valence-electron chi connectivity index (χ4n) is 2.36. The summed E-state index contributed by atoms with van der Waals surface area (Å²) in [5.41, 5.74) is 0. The average Bonchev–Trinajstić information content (AvgIpc) is 3.00. The van der Waals surface area contributed by atoms with Crippen LogP contribution in [0.3, 0.4) is 0 Å². The number of hydrogen-bond donors (Lipinski definition) is 2. The highest BCUT2D eigenvalue weighted by Gasteiger charge is 2.34. The molecule has 1 fully saturated rings. The molecule has 1 saturated heterocycles. The number of nitrogens with zero attached hydrogens (tertiary/aromatic N) is 1. The van der Waals surface area contributed by atoms with Crippen molar-refractivity contribution in [2.24, 2.45) is 0 Å². The molecule has 21 heavy (non-hydrogen) atoms. The first-order valence-electron chi connectivity index (χ1n) is 6.88.